The number of aromatic nitrogens is 2. The molecule has 0 aliphatic carbocycles. The average molecular weight is 309 g/mol. The van der Waals surface area contributed by atoms with Crippen LogP contribution in [0.15, 0.2) is 16.6 Å². The minimum Gasteiger partial charge on any atom is -0.465 e. The molecule has 0 bridgehead atoms. The van der Waals surface area contributed by atoms with Crippen molar-refractivity contribution in [3.05, 3.63) is 28.0 Å². The number of hydrogen-bond donors (Lipinski definition) is 0. The van der Waals surface area contributed by atoms with Crippen molar-refractivity contribution < 1.29 is 9.53 Å². The number of carbonyl (C=O) groups excluding carboxylic acids is 1. The Morgan fingerprint density at radius 2 is 2.28 bits per heavy atom. The Morgan fingerprint density at radius 1 is 1.44 bits per heavy atom. The Balaban J connectivity index is 2.23. The first-order valence-corrected chi connectivity index (χ1v) is 6.77. The molecule has 0 saturated heterocycles. The maximum absolute atomic E-state index is 11.6. The molecule has 94 valence electrons. The van der Waals surface area contributed by atoms with Crippen molar-refractivity contribution in [3.8, 4) is 0 Å². The molecule has 0 N–H and O–H groups in total. The van der Waals surface area contributed by atoms with E-state index in [0.717, 1.165) is 34.3 Å². The summed E-state index contributed by atoms with van der Waals surface area (Å²) in [5, 5.41) is 0. The number of hydrogen-bond acceptors (Lipinski definition) is 3. The fourth-order valence-electron chi connectivity index (χ4n) is 2.49. The van der Waals surface area contributed by atoms with Gasteiger partial charge in [0.15, 0.2) is 0 Å². The van der Waals surface area contributed by atoms with Crippen LogP contribution >= 0.6 is 15.9 Å². The van der Waals surface area contributed by atoms with Crippen LogP contribution in [-0.2, 0) is 17.7 Å². The highest BCUT2D eigenvalue weighted by molar-refractivity contribution is 9.10. The summed E-state index contributed by atoms with van der Waals surface area (Å²) in [6.45, 7) is 1.00. The summed E-state index contributed by atoms with van der Waals surface area (Å²) in [6.07, 6.45) is 3.38. The molecule has 4 nitrogen and oxygen atoms in total. The van der Waals surface area contributed by atoms with Gasteiger partial charge < -0.3 is 9.30 Å². The molecule has 0 radical (unpaired) electrons. The molecule has 0 unspecified atom stereocenters. The smallest absolute Gasteiger partial charge is 0.337 e. The molecule has 5 heteroatoms. The van der Waals surface area contributed by atoms with Crippen LogP contribution in [-0.4, -0.2) is 22.6 Å². The number of esters is 1. The van der Waals surface area contributed by atoms with Crippen LogP contribution in [0, 0.1) is 0 Å². The van der Waals surface area contributed by atoms with Gasteiger partial charge in [0.25, 0.3) is 0 Å². The molecule has 1 aromatic heterocycles. The van der Waals surface area contributed by atoms with E-state index in [1.54, 1.807) is 12.1 Å². The number of halogens is 1. The highest BCUT2D eigenvalue weighted by atomic mass is 79.9. The number of methoxy groups -OCH3 is 1. The maximum Gasteiger partial charge on any atom is 0.337 e. The van der Waals surface area contributed by atoms with Crippen LogP contribution in [0.25, 0.3) is 11.0 Å². The Kier molecular flexibility index (Phi) is 2.86. The second-order valence-corrected chi connectivity index (χ2v) is 5.31. The minimum absolute atomic E-state index is 0.330. The summed E-state index contributed by atoms with van der Waals surface area (Å²) in [7, 11) is 1.39. The zero-order valence-electron chi connectivity index (χ0n) is 10.1. The number of ether oxygens (including phenoxy) is 1. The summed E-state index contributed by atoms with van der Waals surface area (Å²) in [6, 6.07) is 3.61. The fraction of sp³-hybridized carbons (Fsp3) is 0.385. The van der Waals surface area contributed by atoms with Crippen LogP contribution in [0.5, 0.6) is 0 Å². The summed E-state index contributed by atoms with van der Waals surface area (Å²) in [4.78, 5) is 16.2. The van der Waals surface area contributed by atoms with E-state index >= 15 is 0 Å². The van der Waals surface area contributed by atoms with Crippen molar-refractivity contribution in [3.63, 3.8) is 0 Å². The summed E-state index contributed by atoms with van der Waals surface area (Å²) >= 11 is 3.53. The van der Waals surface area contributed by atoms with Gasteiger partial charge in [-0.2, -0.15) is 0 Å². The molecule has 1 aromatic carbocycles. The van der Waals surface area contributed by atoms with E-state index in [-0.39, 0.29) is 5.97 Å². The Bertz CT molecular complexity index is 633. The van der Waals surface area contributed by atoms with Gasteiger partial charge in [0.05, 0.1) is 23.7 Å². The number of aryl methyl sites for hydroxylation is 2. The lowest BCUT2D eigenvalue weighted by atomic mass is 10.1. The van der Waals surface area contributed by atoms with Gasteiger partial charge >= 0.3 is 5.97 Å². The van der Waals surface area contributed by atoms with Crippen LogP contribution in [0.3, 0.4) is 0 Å². The van der Waals surface area contributed by atoms with Crippen LogP contribution < -0.4 is 0 Å². The first-order chi connectivity index (χ1) is 8.70. The van der Waals surface area contributed by atoms with Crippen molar-refractivity contribution in [1.82, 2.24) is 9.55 Å². The van der Waals surface area contributed by atoms with Gasteiger partial charge in [-0.3, -0.25) is 0 Å². The predicted octanol–water partition coefficient (Wildman–Crippen LogP) is 2.92. The van der Waals surface area contributed by atoms with Crippen molar-refractivity contribution in [1.29, 1.82) is 0 Å². The number of fused-ring (bicyclic) bond motifs is 3. The predicted molar refractivity (Wildman–Crippen MR) is 71.7 cm³/mol. The second kappa shape index (κ2) is 4.39. The highest BCUT2D eigenvalue weighted by Crippen LogP contribution is 2.30. The number of rotatable bonds is 1. The van der Waals surface area contributed by atoms with E-state index in [0.29, 0.717) is 5.56 Å². The zero-order valence-corrected chi connectivity index (χ0v) is 11.7. The number of benzene rings is 1. The molecule has 0 atom stereocenters. The summed E-state index contributed by atoms with van der Waals surface area (Å²) < 4.78 is 7.89. The van der Waals surface area contributed by atoms with Gasteiger partial charge in [0.2, 0.25) is 0 Å². The van der Waals surface area contributed by atoms with Crippen LogP contribution in [0.2, 0.25) is 0 Å². The SMILES string of the molecule is COC(=O)c1cc(Br)c2c(c1)nc1n2CCCC1. The molecule has 0 saturated carbocycles. The third kappa shape index (κ3) is 1.73. The summed E-state index contributed by atoms with van der Waals surface area (Å²) in [5.41, 5.74) is 2.48. The lowest BCUT2D eigenvalue weighted by Crippen LogP contribution is -2.10. The second-order valence-electron chi connectivity index (χ2n) is 4.45. The zero-order chi connectivity index (χ0) is 12.7. The molecule has 0 amide bonds. The van der Waals surface area contributed by atoms with Crippen molar-refractivity contribution in [2.45, 2.75) is 25.8 Å². The normalized spacial score (nSPS) is 14.6. The molecule has 1 aliphatic heterocycles. The number of imidazole rings is 1. The van der Waals surface area contributed by atoms with Crippen molar-refractivity contribution in [2.24, 2.45) is 0 Å². The standard InChI is InChI=1S/C13H13BrN2O2/c1-18-13(17)8-6-9(14)12-10(7-8)15-11-4-2-3-5-16(11)12/h6-7H,2-5H2,1H3. The van der Waals surface area contributed by atoms with E-state index < -0.39 is 0 Å². The number of nitrogens with zero attached hydrogens (tertiary/aromatic N) is 2. The van der Waals surface area contributed by atoms with Gasteiger partial charge in [-0.1, -0.05) is 0 Å². The van der Waals surface area contributed by atoms with Crippen LogP contribution in [0.1, 0.15) is 29.0 Å². The maximum atomic E-state index is 11.6. The van der Waals surface area contributed by atoms with Crippen molar-refractivity contribution in [2.75, 3.05) is 7.11 Å². The van der Waals surface area contributed by atoms with Gasteiger partial charge in [0.1, 0.15) is 5.82 Å². The van der Waals surface area contributed by atoms with E-state index in [2.05, 4.69) is 25.5 Å². The summed E-state index contributed by atoms with van der Waals surface area (Å²) in [5.74, 6) is 0.780. The van der Waals surface area contributed by atoms with E-state index in [1.165, 1.54) is 20.0 Å². The largest absolute Gasteiger partial charge is 0.465 e. The molecule has 0 spiro atoms. The molecular formula is C13H13BrN2O2. The minimum atomic E-state index is -0.330. The Morgan fingerprint density at radius 3 is 3.06 bits per heavy atom. The molecule has 3 rings (SSSR count). The first-order valence-electron chi connectivity index (χ1n) is 5.97. The average Bonchev–Trinajstić information content (AvgIpc) is 2.76. The Hall–Kier alpha value is -1.36. The Labute approximate surface area is 113 Å². The molecule has 0 fully saturated rings. The highest BCUT2D eigenvalue weighted by Gasteiger charge is 2.18. The van der Waals surface area contributed by atoms with Gasteiger partial charge in [-0.25, -0.2) is 9.78 Å². The third-order valence-corrected chi connectivity index (χ3v) is 3.93. The monoisotopic (exact) mass is 308 g/mol. The molecule has 2 heterocycles. The molecule has 18 heavy (non-hydrogen) atoms. The lowest BCUT2D eigenvalue weighted by Gasteiger charge is -2.14. The van der Waals surface area contributed by atoms with Gasteiger partial charge in [0, 0.05) is 17.4 Å². The van der Waals surface area contributed by atoms with Crippen LogP contribution in [0.4, 0.5) is 0 Å². The molecular weight excluding hydrogens is 296 g/mol. The molecule has 2 aromatic rings. The van der Waals surface area contributed by atoms with E-state index in [9.17, 15) is 4.79 Å². The van der Waals surface area contributed by atoms with Gasteiger partial charge in [-0.05, 0) is 40.9 Å². The van der Waals surface area contributed by atoms with E-state index in [1.807, 2.05) is 0 Å². The van der Waals surface area contributed by atoms with Crippen molar-refractivity contribution >= 4 is 32.9 Å². The quantitative estimate of drug-likeness (QED) is 0.761. The molecule has 1 aliphatic rings. The van der Waals surface area contributed by atoms with Gasteiger partial charge in [-0.15, -0.1) is 0 Å². The van der Waals surface area contributed by atoms with E-state index in [4.69, 9.17) is 4.74 Å². The first kappa shape index (κ1) is 11.7. The topological polar surface area (TPSA) is 44.1 Å². The number of carbonyl (C=O) groups is 1. The lowest BCUT2D eigenvalue weighted by molar-refractivity contribution is 0.0601. The third-order valence-electron chi connectivity index (χ3n) is 3.33. The fourth-order valence-corrected chi connectivity index (χ4v) is 3.15.